The first-order valence-corrected chi connectivity index (χ1v) is 7.38. The molecule has 0 amide bonds. The second kappa shape index (κ2) is 7.15. The molecule has 0 saturated carbocycles. The number of aromatic nitrogens is 3. The van der Waals surface area contributed by atoms with Gasteiger partial charge in [-0.25, -0.2) is 4.39 Å². The van der Waals surface area contributed by atoms with E-state index in [0.717, 1.165) is 5.82 Å². The molecule has 1 aromatic heterocycles. The third-order valence-corrected chi connectivity index (χ3v) is 3.19. The van der Waals surface area contributed by atoms with E-state index in [1.807, 2.05) is 38.9 Å². The maximum absolute atomic E-state index is 13.6. The van der Waals surface area contributed by atoms with Crippen LogP contribution in [0.2, 0.25) is 0 Å². The van der Waals surface area contributed by atoms with Crippen molar-refractivity contribution in [1.29, 1.82) is 0 Å². The fraction of sp³-hybridized carbons (Fsp3) is 0.438. The zero-order valence-electron chi connectivity index (χ0n) is 13.5. The highest BCUT2D eigenvalue weighted by molar-refractivity contribution is 5.36. The Labute approximate surface area is 130 Å². The minimum absolute atomic E-state index is 0.184. The Morgan fingerprint density at radius 3 is 2.50 bits per heavy atom. The largest absolute Gasteiger partial charge is 0.354 e. The first-order chi connectivity index (χ1) is 10.5. The quantitative estimate of drug-likeness (QED) is 0.889. The second-order valence-electron chi connectivity index (χ2n) is 5.63. The third kappa shape index (κ3) is 4.13. The van der Waals surface area contributed by atoms with Crippen LogP contribution in [0.4, 0.5) is 16.3 Å². The lowest BCUT2D eigenvalue weighted by Crippen LogP contribution is -2.18. The first-order valence-electron chi connectivity index (χ1n) is 7.38. The molecule has 1 heterocycles. The lowest BCUT2D eigenvalue weighted by molar-refractivity contribution is 0.610. The minimum atomic E-state index is -0.184. The topological polar surface area (TPSA) is 53.9 Å². The van der Waals surface area contributed by atoms with Crippen molar-refractivity contribution in [2.45, 2.75) is 26.2 Å². The minimum Gasteiger partial charge on any atom is -0.354 e. The number of hydrogen-bond acceptors (Lipinski definition) is 5. The smallest absolute Gasteiger partial charge is 0.229 e. The first kappa shape index (κ1) is 16.1. The zero-order valence-corrected chi connectivity index (χ0v) is 13.5. The van der Waals surface area contributed by atoms with Gasteiger partial charge in [0.15, 0.2) is 0 Å². The molecule has 0 aliphatic rings. The lowest BCUT2D eigenvalue weighted by Gasteiger charge is -2.14. The van der Waals surface area contributed by atoms with Crippen LogP contribution >= 0.6 is 0 Å². The van der Waals surface area contributed by atoms with Crippen LogP contribution in [0.25, 0.3) is 0 Å². The monoisotopic (exact) mass is 303 g/mol. The van der Waals surface area contributed by atoms with E-state index in [4.69, 9.17) is 0 Å². The van der Waals surface area contributed by atoms with Gasteiger partial charge in [0.1, 0.15) is 11.6 Å². The van der Waals surface area contributed by atoms with E-state index < -0.39 is 0 Å². The molecule has 118 valence electrons. The van der Waals surface area contributed by atoms with Crippen molar-refractivity contribution < 1.29 is 4.39 Å². The Morgan fingerprint density at radius 2 is 1.86 bits per heavy atom. The normalized spacial score (nSPS) is 10.8. The van der Waals surface area contributed by atoms with Crippen molar-refractivity contribution in [3.63, 3.8) is 0 Å². The molecule has 22 heavy (non-hydrogen) atoms. The Morgan fingerprint density at radius 1 is 1.14 bits per heavy atom. The van der Waals surface area contributed by atoms with Crippen LogP contribution in [0, 0.1) is 5.82 Å². The number of nitrogens with one attached hydrogen (secondary N) is 1. The molecule has 1 N–H and O–H groups in total. The summed E-state index contributed by atoms with van der Waals surface area (Å²) in [5.74, 6) is 1.92. The predicted octanol–water partition coefficient (Wildman–Crippen LogP) is 2.85. The van der Waals surface area contributed by atoms with Crippen molar-refractivity contribution in [3.05, 3.63) is 41.5 Å². The number of benzene rings is 1. The Hall–Kier alpha value is -2.24. The molecule has 2 aromatic rings. The van der Waals surface area contributed by atoms with E-state index >= 15 is 0 Å². The predicted molar refractivity (Wildman–Crippen MR) is 86.8 cm³/mol. The lowest BCUT2D eigenvalue weighted by atomic mass is 10.1. The van der Waals surface area contributed by atoms with Crippen molar-refractivity contribution in [1.82, 2.24) is 15.0 Å². The van der Waals surface area contributed by atoms with E-state index in [-0.39, 0.29) is 11.7 Å². The molecule has 0 radical (unpaired) electrons. The van der Waals surface area contributed by atoms with Gasteiger partial charge in [-0.05, 0) is 18.1 Å². The highest BCUT2D eigenvalue weighted by Gasteiger charge is 2.11. The van der Waals surface area contributed by atoms with E-state index in [2.05, 4.69) is 20.3 Å². The number of anilines is 2. The van der Waals surface area contributed by atoms with E-state index in [1.54, 1.807) is 12.1 Å². The number of hydrogen-bond donors (Lipinski definition) is 1. The summed E-state index contributed by atoms with van der Waals surface area (Å²) in [5.41, 5.74) is 0.681. The summed E-state index contributed by atoms with van der Waals surface area (Å²) in [6, 6.07) is 6.79. The molecule has 1 aromatic carbocycles. The molecule has 0 saturated heterocycles. The fourth-order valence-corrected chi connectivity index (χ4v) is 1.93. The third-order valence-electron chi connectivity index (χ3n) is 3.19. The SMILES string of the molecule is CC(C)c1nc(NCCc2ccccc2F)nc(N(C)C)n1. The number of nitrogens with zero attached hydrogens (tertiary/aromatic N) is 4. The highest BCUT2D eigenvalue weighted by atomic mass is 19.1. The molecule has 0 bridgehead atoms. The summed E-state index contributed by atoms with van der Waals surface area (Å²) < 4.78 is 13.6. The fourth-order valence-electron chi connectivity index (χ4n) is 1.93. The van der Waals surface area contributed by atoms with Gasteiger partial charge in [0.2, 0.25) is 11.9 Å². The van der Waals surface area contributed by atoms with Crippen LogP contribution in [-0.4, -0.2) is 35.6 Å². The zero-order chi connectivity index (χ0) is 16.1. The number of halogens is 1. The molecule has 0 spiro atoms. The second-order valence-corrected chi connectivity index (χ2v) is 5.63. The van der Waals surface area contributed by atoms with Gasteiger partial charge in [0.25, 0.3) is 0 Å². The van der Waals surface area contributed by atoms with Gasteiger partial charge in [-0.15, -0.1) is 0 Å². The molecule has 0 aliphatic carbocycles. The summed E-state index contributed by atoms with van der Waals surface area (Å²) in [4.78, 5) is 15.0. The summed E-state index contributed by atoms with van der Waals surface area (Å²) in [5, 5.41) is 3.16. The molecule has 0 aliphatic heterocycles. The molecule has 0 atom stereocenters. The average Bonchev–Trinajstić information content (AvgIpc) is 2.49. The van der Waals surface area contributed by atoms with Gasteiger partial charge in [0.05, 0.1) is 0 Å². The summed E-state index contributed by atoms with van der Waals surface area (Å²) in [7, 11) is 3.78. The van der Waals surface area contributed by atoms with Crippen LogP contribution in [0.15, 0.2) is 24.3 Å². The average molecular weight is 303 g/mol. The van der Waals surface area contributed by atoms with E-state index in [0.29, 0.717) is 30.4 Å². The summed E-state index contributed by atoms with van der Waals surface area (Å²) in [6.07, 6.45) is 0.576. The molecule has 0 fully saturated rings. The van der Waals surface area contributed by atoms with Crippen molar-refractivity contribution in [3.8, 4) is 0 Å². The maximum Gasteiger partial charge on any atom is 0.229 e. The van der Waals surface area contributed by atoms with Crippen molar-refractivity contribution in [2.75, 3.05) is 30.9 Å². The van der Waals surface area contributed by atoms with E-state index in [9.17, 15) is 4.39 Å². The molecule has 5 nitrogen and oxygen atoms in total. The van der Waals surface area contributed by atoms with Crippen LogP contribution in [0.3, 0.4) is 0 Å². The van der Waals surface area contributed by atoms with Gasteiger partial charge < -0.3 is 10.2 Å². The summed E-state index contributed by atoms with van der Waals surface area (Å²) >= 11 is 0. The Bertz CT molecular complexity index is 601. The van der Waals surface area contributed by atoms with Gasteiger partial charge >= 0.3 is 0 Å². The molecular formula is C16H22FN5. The Kier molecular flexibility index (Phi) is 5.25. The van der Waals surface area contributed by atoms with Gasteiger partial charge in [-0.1, -0.05) is 32.0 Å². The van der Waals surface area contributed by atoms with Crippen LogP contribution in [0.1, 0.15) is 31.2 Å². The number of rotatable bonds is 6. The van der Waals surface area contributed by atoms with Gasteiger partial charge in [-0.3, -0.25) is 0 Å². The molecular weight excluding hydrogens is 281 g/mol. The standard InChI is InChI=1S/C16H22FN5/c1-11(2)14-19-15(21-16(20-14)22(3)4)18-10-9-12-7-5-6-8-13(12)17/h5-8,11H,9-10H2,1-4H3,(H,18,19,20,21). The Balaban J connectivity index is 2.07. The van der Waals surface area contributed by atoms with Crippen molar-refractivity contribution in [2.24, 2.45) is 0 Å². The van der Waals surface area contributed by atoms with Crippen LogP contribution in [0.5, 0.6) is 0 Å². The molecule has 2 rings (SSSR count). The summed E-state index contributed by atoms with van der Waals surface area (Å²) in [6.45, 7) is 4.64. The highest BCUT2D eigenvalue weighted by Crippen LogP contribution is 2.15. The molecule has 6 heteroatoms. The van der Waals surface area contributed by atoms with Crippen LogP contribution < -0.4 is 10.2 Å². The van der Waals surface area contributed by atoms with E-state index in [1.165, 1.54) is 6.07 Å². The molecule has 0 unspecified atom stereocenters. The maximum atomic E-state index is 13.6. The van der Waals surface area contributed by atoms with Crippen LogP contribution in [-0.2, 0) is 6.42 Å². The van der Waals surface area contributed by atoms with Crippen molar-refractivity contribution >= 4 is 11.9 Å². The van der Waals surface area contributed by atoms with Gasteiger partial charge in [0, 0.05) is 26.6 Å². The van der Waals surface area contributed by atoms with Gasteiger partial charge in [-0.2, -0.15) is 15.0 Å².